The molecule has 98 valence electrons. The Morgan fingerprint density at radius 1 is 1.00 bits per heavy atom. The van der Waals surface area contributed by atoms with Crippen molar-refractivity contribution in [3.05, 3.63) is 71.7 Å². The number of nitrogens with zero attached hydrogens (tertiary/aromatic N) is 2. The van der Waals surface area contributed by atoms with Gasteiger partial charge in [-0.25, -0.2) is 9.97 Å². The Bertz CT molecular complexity index is 767. The van der Waals surface area contributed by atoms with Crippen molar-refractivity contribution in [3.63, 3.8) is 0 Å². The molecule has 3 heteroatoms. The van der Waals surface area contributed by atoms with Crippen molar-refractivity contribution in [1.29, 1.82) is 0 Å². The standard InChI is InChI=1S/C17H15N3/c1-3-7-14-12(5-1)9-10-18-16(14)17-19-11-13-6-2-4-8-15(13)20-17/h1-8,11,16,18H,9-10H2. The molecule has 0 aliphatic carbocycles. The van der Waals surface area contributed by atoms with Gasteiger partial charge in [-0.05, 0) is 23.6 Å². The molecule has 0 saturated heterocycles. The summed E-state index contributed by atoms with van der Waals surface area (Å²) in [5, 5.41) is 4.61. The monoisotopic (exact) mass is 261 g/mol. The van der Waals surface area contributed by atoms with E-state index >= 15 is 0 Å². The van der Waals surface area contributed by atoms with Gasteiger partial charge in [0.1, 0.15) is 5.82 Å². The molecule has 1 aliphatic rings. The molecule has 1 aliphatic heterocycles. The van der Waals surface area contributed by atoms with Crippen molar-refractivity contribution in [1.82, 2.24) is 15.3 Å². The van der Waals surface area contributed by atoms with E-state index in [2.05, 4.69) is 34.6 Å². The van der Waals surface area contributed by atoms with Crippen LogP contribution in [0.2, 0.25) is 0 Å². The van der Waals surface area contributed by atoms with Gasteiger partial charge >= 0.3 is 0 Å². The number of rotatable bonds is 1. The number of fused-ring (bicyclic) bond motifs is 2. The van der Waals surface area contributed by atoms with E-state index in [9.17, 15) is 0 Å². The second-order valence-corrected chi connectivity index (χ2v) is 5.12. The maximum absolute atomic E-state index is 4.72. The number of aromatic nitrogens is 2. The van der Waals surface area contributed by atoms with Gasteiger partial charge in [-0.2, -0.15) is 0 Å². The molecule has 3 aromatic rings. The lowest BCUT2D eigenvalue weighted by molar-refractivity contribution is 0.545. The summed E-state index contributed by atoms with van der Waals surface area (Å²) in [6, 6.07) is 16.8. The summed E-state index contributed by atoms with van der Waals surface area (Å²) in [5.41, 5.74) is 3.70. The van der Waals surface area contributed by atoms with Crippen molar-refractivity contribution in [3.8, 4) is 0 Å². The lowest BCUT2D eigenvalue weighted by atomic mass is 9.94. The summed E-state index contributed by atoms with van der Waals surface area (Å²) in [4.78, 5) is 9.28. The van der Waals surface area contributed by atoms with Crippen LogP contribution in [0, 0.1) is 0 Å². The van der Waals surface area contributed by atoms with Crippen LogP contribution in [0.4, 0.5) is 0 Å². The van der Waals surface area contributed by atoms with E-state index < -0.39 is 0 Å². The minimum atomic E-state index is 0.101. The largest absolute Gasteiger partial charge is 0.303 e. The van der Waals surface area contributed by atoms with Crippen molar-refractivity contribution < 1.29 is 0 Å². The third kappa shape index (κ3) is 1.87. The van der Waals surface area contributed by atoms with Gasteiger partial charge in [0.2, 0.25) is 0 Å². The fourth-order valence-electron chi connectivity index (χ4n) is 2.86. The van der Waals surface area contributed by atoms with Crippen molar-refractivity contribution in [2.75, 3.05) is 6.54 Å². The highest BCUT2D eigenvalue weighted by Gasteiger charge is 2.23. The second-order valence-electron chi connectivity index (χ2n) is 5.12. The summed E-state index contributed by atoms with van der Waals surface area (Å²) in [6.45, 7) is 0.970. The topological polar surface area (TPSA) is 37.8 Å². The Kier molecular flexibility index (Phi) is 2.71. The van der Waals surface area contributed by atoms with Gasteiger partial charge in [0.25, 0.3) is 0 Å². The van der Waals surface area contributed by atoms with Crippen LogP contribution in [-0.2, 0) is 6.42 Å². The predicted octanol–water partition coefficient (Wildman–Crippen LogP) is 2.86. The van der Waals surface area contributed by atoms with Gasteiger partial charge in [0.05, 0.1) is 11.6 Å². The van der Waals surface area contributed by atoms with Crippen molar-refractivity contribution >= 4 is 10.9 Å². The summed E-state index contributed by atoms with van der Waals surface area (Å²) in [6.07, 6.45) is 2.98. The van der Waals surface area contributed by atoms with Crippen LogP contribution in [0.5, 0.6) is 0 Å². The van der Waals surface area contributed by atoms with E-state index in [0.29, 0.717) is 0 Å². The van der Waals surface area contributed by atoms with Crippen LogP contribution in [0.3, 0.4) is 0 Å². The zero-order valence-corrected chi connectivity index (χ0v) is 11.1. The molecule has 2 aromatic carbocycles. The average molecular weight is 261 g/mol. The zero-order chi connectivity index (χ0) is 13.4. The highest BCUT2D eigenvalue weighted by atomic mass is 15.0. The summed E-state index contributed by atoms with van der Waals surface area (Å²) in [7, 11) is 0. The molecule has 1 unspecified atom stereocenters. The zero-order valence-electron chi connectivity index (χ0n) is 11.1. The lowest BCUT2D eigenvalue weighted by Gasteiger charge is -2.25. The smallest absolute Gasteiger partial charge is 0.150 e. The number of hydrogen-bond donors (Lipinski definition) is 1. The molecule has 4 rings (SSSR count). The van der Waals surface area contributed by atoms with Gasteiger partial charge in [-0.1, -0.05) is 42.5 Å². The van der Waals surface area contributed by atoms with E-state index in [1.165, 1.54) is 11.1 Å². The Morgan fingerprint density at radius 2 is 1.85 bits per heavy atom. The molecule has 0 amide bonds. The molecule has 0 saturated carbocycles. The molecular weight excluding hydrogens is 246 g/mol. The van der Waals surface area contributed by atoms with E-state index in [4.69, 9.17) is 4.98 Å². The van der Waals surface area contributed by atoms with Crippen LogP contribution in [0.15, 0.2) is 54.7 Å². The number of para-hydroxylation sites is 1. The van der Waals surface area contributed by atoms with E-state index in [1.807, 2.05) is 30.5 Å². The first-order valence-electron chi connectivity index (χ1n) is 6.95. The highest BCUT2D eigenvalue weighted by Crippen LogP contribution is 2.27. The average Bonchev–Trinajstić information content (AvgIpc) is 2.54. The summed E-state index contributed by atoms with van der Waals surface area (Å²) in [5.74, 6) is 0.857. The van der Waals surface area contributed by atoms with Gasteiger partial charge < -0.3 is 5.32 Å². The molecule has 0 bridgehead atoms. The molecular formula is C17H15N3. The molecule has 3 nitrogen and oxygen atoms in total. The number of nitrogens with one attached hydrogen (secondary N) is 1. The molecule has 20 heavy (non-hydrogen) atoms. The number of hydrogen-bond acceptors (Lipinski definition) is 3. The van der Waals surface area contributed by atoms with E-state index in [-0.39, 0.29) is 6.04 Å². The summed E-state index contributed by atoms with van der Waals surface area (Å²) >= 11 is 0. The third-order valence-electron chi connectivity index (χ3n) is 3.87. The molecule has 0 spiro atoms. The molecule has 1 atom stereocenters. The first kappa shape index (κ1) is 11.6. The molecule has 1 N–H and O–H groups in total. The number of benzene rings is 2. The normalized spacial score (nSPS) is 17.9. The highest BCUT2D eigenvalue weighted by molar-refractivity contribution is 5.77. The molecule has 2 heterocycles. The molecule has 0 radical (unpaired) electrons. The SMILES string of the molecule is c1ccc2c(c1)CCNC2c1ncc2ccccc2n1. The lowest BCUT2D eigenvalue weighted by Crippen LogP contribution is -2.31. The van der Waals surface area contributed by atoms with Gasteiger partial charge in [0, 0.05) is 18.1 Å². The molecule has 0 fully saturated rings. The first-order chi connectivity index (χ1) is 9.92. The van der Waals surface area contributed by atoms with E-state index in [0.717, 1.165) is 29.7 Å². The second kappa shape index (κ2) is 4.69. The van der Waals surface area contributed by atoms with Gasteiger partial charge in [-0.15, -0.1) is 0 Å². The van der Waals surface area contributed by atoms with Crippen molar-refractivity contribution in [2.45, 2.75) is 12.5 Å². The predicted molar refractivity (Wildman–Crippen MR) is 79.5 cm³/mol. The fourth-order valence-corrected chi connectivity index (χ4v) is 2.86. The first-order valence-corrected chi connectivity index (χ1v) is 6.95. The third-order valence-corrected chi connectivity index (χ3v) is 3.87. The van der Waals surface area contributed by atoms with Gasteiger partial charge in [0.15, 0.2) is 0 Å². The maximum atomic E-state index is 4.72. The van der Waals surface area contributed by atoms with Crippen LogP contribution < -0.4 is 5.32 Å². The Morgan fingerprint density at radius 3 is 2.85 bits per heavy atom. The van der Waals surface area contributed by atoms with Crippen molar-refractivity contribution in [2.24, 2.45) is 0 Å². The van der Waals surface area contributed by atoms with Crippen LogP contribution in [0.1, 0.15) is 23.0 Å². The molecule has 1 aromatic heterocycles. The van der Waals surface area contributed by atoms with E-state index in [1.54, 1.807) is 0 Å². The Labute approximate surface area is 117 Å². The van der Waals surface area contributed by atoms with Gasteiger partial charge in [-0.3, -0.25) is 0 Å². The van der Waals surface area contributed by atoms with Crippen LogP contribution in [-0.4, -0.2) is 16.5 Å². The van der Waals surface area contributed by atoms with Crippen LogP contribution in [0.25, 0.3) is 10.9 Å². The Balaban J connectivity index is 1.84. The minimum Gasteiger partial charge on any atom is -0.303 e. The quantitative estimate of drug-likeness (QED) is 0.732. The summed E-state index contributed by atoms with van der Waals surface area (Å²) < 4.78 is 0. The Hall–Kier alpha value is -2.26. The maximum Gasteiger partial charge on any atom is 0.150 e. The van der Waals surface area contributed by atoms with Crippen LogP contribution >= 0.6 is 0 Å². The minimum absolute atomic E-state index is 0.101. The fraction of sp³-hybridized carbons (Fsp3) is 0.176.